The van der Waals surface area contributed by atoms with E-state index >= 15 is 0 Å². The predicted octanol–water partition coefficient (Wildman–Crippen LogP) is 3.13. The van der Waals surface area contributed by atoms with Gasteiger partial charge in [0, 0.05) is 22.3 Å². The van der Waals surface area contributed by atoms with E-state index in [1.807, 2.05) is 11.8 Å². The molecule has 1 aromatic carbocycles. The molecule has 1 atom stereocenters. The maximum absolute atomic E-state index is 13.0. The van der Waals surface area contributed by atoms with Gasteiger partial charge in [-0.05, 0) is 36.8 Å². The van der Waals surface area contributed by atoms with Crippen LogP contribution in [0.2, 0.25) is 0 Å². The minimum atomic E-state index is -0.405. The standard InChI is InChI=1S/C13H16FNOS2/c14-11-5-4-9(7-12(11)17)13(16)15-8-10-3-1-2-6-18-10/h4-5,7,10,17H,1-3,6,8H2,(H,15,16). The molecule has 0 spiro atoms. The van der Waals surface area contributed by atoms with Gasteiger partial charge in [0.25, 0.3) is 5.91 Å². The molecule has 1 unspecified atom stereocenters. The van der Waals surface area contributed by atoms with Crippen molar-refractivity contribution in [3.63, 3.8) is 0 Å². The van der Waals surface area contributed by atoms with E-state index in [1.165, 1.54) is 36.8 Å². The van der Waals surface area contributed by atoms with Gasteiger partial charge < -0.3 is 5.32 Å². The third-order valence-electron chi connectivity index (χ3n) is 2.97. The Morgan fingerprint density at radius 3 is 3.00 bits per heavy atom. The van der Waals surface area contributed by atoms with Crippen LogP contribution in [0.4, 0.5) is 4.39 Å². The summed E-state index contributed by atoms with van der Waals surface area (Å²) in [4.78, 5) is 12.1. The van der Waals surface area contributed by atoms with Crippen molar-refractivity contribution in [2.45, 2.75) is 29.4 Å². The van der Waals surface area contributed by atoms with Crippen molar-refractivity contribution in [3.05, 3.63) is 29.6 Å². The zero-order valence-corrected chi connectivity index (χ0v) is 11.7. The molecule has 1 fully saturated rings. The molecule has 2 nitrogen and oxygen atoms in total. The summed E-state index contributed by atoms with van der Waals surface area (Å²) in [5, 5.41) is 3.41. The maximum Gasteiger partial charge on any atom is 0.251 e. The van der Waals surface area contributed by atoms with Gasteiger partial charge in [0.1, 0.15) is 5.82 Å². The highest BCUT2D eigenvalue weighted by Gasteiger charge is 2.15. The lowest BCUT2D eigenvalue weighted by atomic mass is 10.1. The first-order chi connectivity index (χ1) is 8.66. The van der Waals surface area contributed by atoms with Gasteiger partial charge in [-0.3, -0.25) is 4.79 Å². The Morgan fingerprint density at radius 1 is 1.50 bits per heavy atom. The van der Waals surface area contributed by atoms with E-state index in [2.05, 4.69) is 17.9 Å². The van der Waals surface area contributed by atoms with Gasteiger partial charge in [-0.2, -0.15) is 11.8 Å². The number of nitrogens with one attached hydrogen (secondary N) is 1. The summed E-state index contributed by atoms with van der Waals surface area (Å²) in [5.74, 6) is 0.618. The Morgan fingerprint density at radius 2 is 2.33 bits per heavy atom. The molecule has 0 aromatic heterocycles. The van der Waals surface area contributed by atoms with Crippen LogP contribution in [-0.4, -0.2) is 23.5 Å². The molecule has 5 heteroatoms. The summed E-state index contributed by atoms with van der Waals surface area (Å²) < 4.78 is 13.0. The maximum atomic E-state index is 13.0. The quantitative estimate of drug-likeness (QED) is 0.836. The third-order valence-corrected chi connectivity index (χ3v) is 4.71. The van der Waals surface area contributed by atoms with Crippen molar-refractivity contribution in [2.75, 3.05) is 12.3 Å². The zero-order valence-electron chi connectivity index (χ0n) is 9.99. The molecule has 98 valence electrons. The van der Waals surface area contributed by atoms with E-state index in [9.17, 15) is 9.18 Å². The predicted molar refractivity (Wildman–Crippen MR) is 76.1 cm³/mol. The molecule has 0 radical (unpaired) electrons. The van der Waals surface area contributed by atoms with Crippen LogP contribution in [0.1, 0.15) is 29.6 Å². The Bertz CT molecular complexity index is 433. The van der Waals surface area contributed by atoms with Gasteiger partial charge in [-0.15, -0.1) is 12.6 Å². The highest BCUT2D eigenvalue weighted by Crippen LogP contribution is 2.24. The van der Waals surface area contributed by atoms with Gasteiger partial charge >= 0.3 is 0 Å². The number of hydrogen-bond acceptors (Lipinski definition) is 3. The molecule has 0 aliphatic carbocycles. The first-order valence-electron chi connectivity index (χ1n) is 6.05. The van der Waals surface area contributed by atoms with E-state index in [0.29, 0.717) is 17.4 Å². The lowest BCUT2D eigenvalue weighted by Crippen LogP contribution is -2.31. The van der Waals surface area contributed by atoms with Gasteiger partial charge in [-0.1, -0.05) is 6.42 Å². The SMILES string of the molecule is O=C(NCC1CCCCS1)c1ccc(F)c(S)c1. The average Bonchev–Trinajstić information content (AvgIpc) is 2.40. The zero-order chi connectivity index (χ0) is 13.0. The first kappa shape index (κ1) is 13.7. The van der Waals surface area contributed by atoms with Crippen LogP contribution >= 0.6 is 24.4 Å². The lowest BCUT2D eigenvalue weighted by Gasteiger charge is -2.21. The minimum Gasteiger partial charge on any atom is -0.351 e. The second-order valence-electron chi connectivity index (χ2n) is 4.36. The number of carbonyl (C=O) groups is 1. The van der Waals surface area contributed by atoms with Gasteiger partial charge in [-0.25, -0.2) is 4.39 Å². The third kappa shape index (κ3) is 3.65. The summed E-state index contributed by atoms with van der Waals surface area (Å²) in [7, 11) is 0. The van der Waals surface area contributed by atoms with Crippen molar-refractivity contribution in [2.24, 2.45) is 0 Å². The summed E-state index contributed by atoms with van der Waals surface area (Å²) in [6.07, 6.45) is 3.67. The van der Waals surface area contributed by atoms with Crippen LogP contribution in [-0.2, 0) is 0 Å². The molecule has 1 N–H and O–H groups in total. The van der Waals surface area contributed by atoms with Crippen LogP contribution in [0, 0.1) is 5.82 Å². The van der Waals surface area contributed by atoms with Crippen molar-refractivity contribution < 1.29 is 9.18 Å². The fourth-order valence-corrected chi connectivity index (χ4v) is 3.38. The van der Waals surface area contributed by atoms with Crippen molar-refractivity contribution in [1.29, 1.82) is 0 Å². The normalized spacial score (nSPS) is 19.6. The van der Waals surface area contributed by atoms with Crippen LogP contribution in [0.5, 0.6) is 0 Å². The van der Waals surface area contributed by atoms with Crippen LogP contribution in [0.3, 0.4) is 0 Å². The molecule has 18 heavy (non-hydrogen) atoms. The molecule has 0 saturated carbocycles. The van der Waals surface area contributed by atoms with E-state index in [4.69, 9.17) is 0 Å². The summed E-state index contributed by atoms with van der Waals surface area (Å²) in [6, 6.07) is 4.22. The summed E-state index contributed by atoms with van der Waals surface area (Å²) in [5.41, 5.74) is 0.460. The second kappa shape index (κ2) is 6.48. The highest BCUT2D eigenvalue weighted by molar-refractivity contribution is 7.99. The van der Waals surface area contributed by atoms with Crippen LogP contribution < -0.4 is 5.32 Å². The van der Waals surface area contributed by atoms with Gasteiger partial charge in [0.15, 0.2) is 0 Å². The largest absolute Gasteiger partial charge is 0.351 e. The molecule has 1 heterocycles. The van der Waals surface area contributed by atoms with Crippen molar-refractivity contribution in [1.82, 2.24) is 5.32 Å². The number of hydrogen-bond donors (Lipinski definition) is 2. The number of rotatable bonds is 3. The average molecular weight is 285 g/mol. The van der Waals surface area contributed by atoms with Crippen molar-refractivity contribution >= 4 is 30.3 Å². The van der Waals surface area contributed by atoms with E-state index in [1.54, 1.807) is 0 Å². The number of thioether (sulfide) groups is 1. The molecule has 1 amide bonds. The fraction of sp³-hybridized carbons (Fsp3) is 0.462. The molecule has 1 aliphatic rings. The Hall–Kier alpha value is -0.680. The van der Waals surface area contributed by atoms with E-state index in [0.717, 1.165) is 6.42 Å². The van der Waals surface area contributed by atoms with Crippen LogP contribution in [0.25, 0.3) is 0 Å². The number of amides is 1. The molecular formula is C13H16FNOS2. The Balaban J connectivity index is 1.88. The Kier molecular flexibility index (Phi) is 4.95. The smallest absolute Gasteiger partial charge is 0.251 e. The Labute approximate surface area is 116 Å². The van der Waals surface area contributed by atoms with E-state index < -0.39 is 5.82 Å². The van der Waals surface area contributed by atoms with Gasteiger partial charge in [0.05, 0.1) is 0 Å². The molecule has 1 aliphatic heterocycles. The monoisotopic (exact) mass is 285 g/mol. The highest BCUT2D eigenvalue weighted by atomic mass is 32.2. The summed E-state index contributed by atoms with van der Waals surface area (Å²) in [6.45, 7) is 0.683. The summed E-state index contributed by atoms with van der Waals surface area (Å²) >= 11 is 5.89. The topological polar surface area (TPSA) is 29.1 Å². The second-order valence-corrected chi connectivity index (χ2v) is 6.25. The first-order valence-corrected chi connectivity index (χ1v) is 7.55. The fourth-order valence-electron chi connectivity index (χ4n) is 1.93. The molecule has 2 rings (SSSR count). The van der Waals surface area contributed by atoms with Crippen LogP contribution in [0.15, 0.2) is 23.1 Å². The molecule has 0 bridgehead atoms. The number of benzene rings is 1. The van der Waals surface area contributed by atoms with Gasteiger partial charge in [0.2, 0.25) is 0 Å². The molecule has 1 saturated heterocycles. The number of halogens is 1. The molecule has 1 aromatic rings. The minimum absolute atomic E-state index is 0.156. The lowest BCUT2D eigenvalue weighted by molar-refractivity contribution is 0.0953. The number of carbonyl (C=O) groups excluding carboxylic acids is 1. The molecular weight excluding hydrogens is 269 g/mol. The number of thiol groups is 1. The van der Waals surface area contributed by atoms with Crippen molar-refractivity contribution in [3.8, 4) is 0 Å². The van der Waals surface area contributed by atoms with E-state index in [-0.39, 0.29) is 10.8 Å².